The molecule has 0 amide bonds. The van der Waals surface area contributed by atoms with E-state index in [-0.39, 0.29) is 6.04 Å². The first-order valence-electron chi connectivity index (χ1n) is 5.61. The van der Waals surface area contributed by atoms with Crippen molar-refractivity contribution < 1.29 is 18.0 Å². The molecule has 0 radical (unpaired) electrons. The van der Waals surface area contributed by atoms with Crippen molar-refractivity contribution in [2.45, 2.75) is 25.1 Å². The maximum absolute atomic E-state index is 12.1. The van der Waals surface area contributed by atoms with Crippen LogP contribution in [0.2, 0.25) is 0 Å². The van der Waals surface area contributed by atoms with Gasteiger partial charge in [-0.05, 0) is 33.0 Å². The molecule has 0 aromatic heterocycles. The standard InChI is InChI=1S/C11H16ClF3N2O/c1-16-5-3-8(4-6-16)17(2)7-9(12)10(18)11(13,14)15/h7-8H,3-6H2,1-2H3. The highest BCUT2D eigenvalue weighted by atomic mass is 35.5. The van der Waals surface area contributed by atoms with E-state index in [4.69, 9.17) is 11.6 Å². The highest BCUT2D eigenvalue weighted by Crippen LogP contribution is 2.24. The largest absolute Gasteiger partial charge is 0.455 e. The Balaban J connectivity index is 2.62. The molecular formula is C11H16ClF3N2O. The van der Waals surface area contributed by atoms with Gasteiger partial charge in [-0.2, -0.15) is 13.2 Å². The molecule has 0 spiro atoms. The summed E-state index contributed by atoms with van der Waals surface area (Å²) in [4.78, 5) is 14.6. The van der Waals surface area contributed by atoms with E-state index in [0.29, 0.717) is 0 Å². The van der Waals surface area contributed by atoms with Crippen molar-refractivity contribution in [1.29, 1.82) is 0 Å². The van der Waals surface area contributed by atoms with Gasteiger partial charge in [-0.1, -0.05) is 11.6 Å². The van der Waals surface area contributed by atoms with Crippen LogP contribution in [0.4, 0.5) is 13.2 Å². The number of hydrogen-bond donors (Lipinski definition) is 0. The first-order valence-corrected chi connectivity index (χ1v) is 5.99. The molecule has 0 atom stereocenters. The van der Waals surface area contributed by atoms with Gasteiger partial charge in [-0.15, -0.1) is 0 Å². The minimum absolute atomic E-state index is 0.121. The second kappa shape index (κ2) is 5.93. The van der Waals surface area contributed by atoms with Crippen LogP contribution in [-0.2, 0) is 4.79 Å². The highest BCUT2D eigenvalue weighted by molar-refractivity contribution is 6.43. The molecule has 1 rings (SSSR count). The third-order valence-electron chi connectivity index (χ3n) is 3.06. The van der Waals surface area contributed by atoms with Crippen molar-refractivity contribution in [2.75, 3.05) is 27.2 Å². The monoisotopic (exact) mass is 284 g/mol. The lowest BCUT2D eigenvalue weighted by Gasteiger charge is -2.34. The molecule has 0 saturated carbocycles. The van der Waals surface area contributed by atoms with E-state index >= 15 is 0 Å². The molecule has 0 N–H and O–H groups in total. The van der Waals surface area contributed by atoms with E-state index in [1.807, 2.05) is 7.05 Å². The van der Waals surface area contributed by atoms with E-state index < -0.39 is 17.0 Å². The Morgan fingerprint density at radius 3 is 2.33 bits per heavy atom. The average Bonchev–Trinajstić information content (AvgIpc) is 2.27. The summed E-state index contributed by atoms with van der Waals surface area (Å²) in [5.41, 5.74) is 0. The van der Waals surface area contributed by atoms with E-state index in [2.05, 4.69) is 4.90 Å². The molecule has 18 heavy (non-hydrogen) atoms. The molecular weight excluding hydrogens is 269 g/mol. The zero-order valence-electron chi connectivity index (χ0n) is 10.3. The number of piperidine rings is 1. The maximum atomic E-state index is 12.1. The van der Waals surface area contributed by atoms with Crippen molar-refractivity contribution >= 4 is 17.4 Å². The Morgan fingerprint density at radius 2 is 1.89 bits per heavy atom. The van der Waals surface area contributed by atoms with E-state index in [1.165, 1.54) is 0 Å². The zero-order chi connectivity index (χ0) is 13.9. The summed E-state index contributed by atoms with van der Waals surface area (Å²) in [6, 6.07) is 0.121. The van der Waals surface area contributed by atoms with Crippen LogP contribution >= 0.6 is 11.6 Å². The number of rotatable bonds is 3. The molecule has 0 aromatic rings. The van der Waals surface area contributed by atoms with Crippen molar-refractivity contribution in [2.24, 2.45) is 0 Å². The van der Waals surface area contributed by atoms with E-state index in [9.17, 15) is 18.0 Å². The molecule has 1 aliphatic heterocycles. The fourth-order valence-electron chi connectivity index (χ4n) is 1.88. The number of alkyl halides is 3. The summed E-state index contributed by atoms with van der Waals surface area (Å²) in [7, 11) is 3.63. The summed E-state index contributed by atoms with van der Waals surface area (Å²) >= 11 is 5.40. The number of allylic oxidation sites excluding steroid dienone is 1. The normalized spacial score (nSPS) is 20.0. The van der Waals surface area contributed by atoms with Gasteiger partial charge in [0.2, 0.25) is 0 Å². The van der Waals surface area contributed by atoms with Gasteiger partial charge in [0.05, 0.1) is 0 Å². The number of ketones is 1. The fourth-order valence-corrected chi connectivity index (χ4v) is 2.14. The number of halogens is 4. The van der Waals surface area contributed by atoms with Gasteiger partial charge in [0, 0.05) is 19.3 Å². The summed E-state index contributed by atoms with van der Waals surface area (Å²) < 4.78 is 36.4. The van der Waals surface area contributed by atoms with Crippen LogP contribution in [0, 0.1) is 0 Å². The van der Waals surface area contributed by atoms with Crippen LogP contribution in [0.15, 0.2) is 11.2 Å². The molecule has 0 unspecified atom stereocenters. The third-order valence-corrected chi connectivity index (χ3v) is 3.32. The Bertz CT molecular complexity index is 336. The lowest BCUT2D eigenvalue weighted by Crippen LogP contribution is -2.40. The Hall–Kier alpha value is -0.750. The van der Waals surface area contributed by atoms with Gasteiger partial charge >= 0.3 is 6.18 Å². The van der Waals surface area contributed by atoms with E-state index in [0.717, 1.165) is 32.1 Å². The van der Waals surface area contributed by atoms with Gasteiger partial charge in [0.15, 0.2) is 0 Å². The Labute approximate surface area is 109 Å². The highest BCUT2D eigenvalue weighted by Gasteiger charge is 2.40. The number of likely N-dealkylation sites (tertiary alicyclic amines) is 1. The minimum atomic E-state index is -4.92. The van der Waals surface area contributed by atoms with Gasteiger partial charge < -0.3 is 9.80 Å². The molecule has 3 nitrogen and oxygen atoms in total. The van der Waals surface area contributed by atoms with Crippen LogP contribution in [0.25, 0.3) is 0 Å². The minimum Gasteiger partial charge on any atom is -0.376 e. The van der Waals surface area contributed by atoms with Gasteiger partial charge in [-0.25, -0.2) is 0 Å². The van der Waals surface area contributed by atoms with Gasteiger partial charge in [0.25, 0.3) is 5.78 Å². The molecule has 1 saturated heterocycles. The first-order chi connectivity index (χ1) is 8.21. The predicted molar refractivity (Wildman–Crippen MR) is 63.3 cm³/mol. The number of nitrogens with zero attached hydrogens (tertiary/aromatic N) is 2. The lowest BCUT2D eigenvalue weighted by molar-refractivity contribution is -0.165. The molecule has 1 aliphatic rings. The average molecular weight is 285 g/mol. The van der Waals surface area contributed by atoms with Crippen molar-refractivity contribution in [3.05, 3.63) is 11.2 Å². The smallest absolute Gasteiger partial charge is 0.376 e. The molecule has 104 valence electrons. The van der Waals surface area contributed by atoms with E-state index in [1.54, 1.807) is 11.9 Å². The van der Waals surface area contributed by atoms with Crippen LogP contribution in [-0.4, -0.2) is 55.0 Å². The quantitative estimate of drug-likeness (QED) is 0.743. The van der Waals surface area contributed by atoms with Gasteiger partial charge in [-0.3, -0.25) is 4.79 Å². The molecule has 1 heterocycles. The summed E-state index contributed by atoms with van der Waals surface area (Å²) in [6.07, 6.45) is -2.16. The summed E-state index contributed by atoms with van der Waals surface area (Å²) in [6.45, 7) is 1.77. The van der Waals surface area contributed by atoms with Crippen LogP contribution in [0.3, 0.4) is 0 Å². The Morgan fingerprint density at radius 1 is 1.39 bits per heavy atom. The van der Waals surface area contributed by atoms with Crippen LogP contribution in [0.5, 0.6) is 0 Å². The predicted octanol–water partition coefficient (Wildman–Crippen LogP) is 2.22. The third kappa shape index (κ3) is 4.17. The fraction of sp³-hybridized carbons (Fsp3) is 0.727. The van der Waals surface area contributed by atoms with Gasteiger partial charge in [0.1, 0.15) is 5.03 Å². The Kier molecular flexibility index (Phi) is 5.04. The van der Waals surface area contributed by atoms with Crippen LogP contribution in [0.1, 0.15) is 12.8 Å². The second-order valence-electron chi connectivity index (χ2n) is 4.50. The van der Waals surface area contributed by atoms with Crippen molar-refractivity contribution in [3.8, 4) is 0 Å². The molecule has 1 fully saturated rings. The second-order valence-corrected chi connectivity index (χ2v) is 4.91. The molecule has 0 bridgehead atoms. The first kappa shape index (κ1) is 15.3. The number of hydrogen-bond acceptors (Lipinski definition) is 3. The molecule has 0 aliphatic carbocycles. The summed E-state index contributed by atoms with van der Waals surface area (Å²) in [5.74, 6) is -2.00. The summed E-state index contributed by atoms with van der Waals surface area (Å²) in [5, 5.41) is -0.788. The maximum Gasteiger partial charge on any atom is 0.455 e. The number of carbonyl (C=O) groups excluding carboxylic acids is 1. The zero-order valence-corrected chi connectivity index (χ0v) is 11.1. The SMILES string of the molecule is CN1CCC(N(C)C=C(Cl)C(=O)C(F)(F)F)CC1. The molecule has 7 heteroatoms. The molecule has 0 aromatic carbocycles. The number of carbonyl (C=O) groups is 1. The van der Waals surface area contributed by atoms with Crippen molar-refractivity contribution in [3.63, 3.8) is 0 Å². The van der Waals surface area contributed by atoms with Crippen LogP contribution < -0.4 is 0 Å². The lowest BCUT2D eigenvalue weighted by atomic mass is 10.0. The number of Topliss-reactive ketones (excluding diaryl/α,β-unsaturated/α-hetero) is 1. The topological polar surface area (TPSA) is 23.6 Å². The van der Waals surface area contributed by atoms with Crippen molar-refractivity contribution in [1.82, 2.24) is 9.80 Å².